The summed E-state index contributed by atoms with van der Waals surface area (Å²) in [5.41, 5.74) is 1.17. The molecule has 0 aromatic carbocycles. The number of hydrogen-bond donors (Lipinski definition) is 1. The van der Waals surface area contributed by atoms with Gasteiger partial charge in [-0.3, -0.25) is 9.69 Å². The zero-order valence-corrected chi connectivity index (χ0v) is 15.2. The molecule has 1 unspecified atom stereocenters. The number of nitrogens with one attached hydrogen (secondary N) is 1. The van der Waals surface area contributed by atoms with Crippen LogP contribution in [0, 0.1) is 12.3 Å². The van der Waals surface area contributed by atoms with Gasteiger partial charge in [0, 0.05) is 12.6 Å². The summed E-state index contributed by atoms with van der Waals surface area (Å²) < 4.78 is 5.19. The number of carbonyl (C=O) groups is 1. The van der Waals surface area contributed by atoms with Crippen LogP contribution in [0.25, 0.3) is 0 Å². The Morgan fingerprint density at radius 2 is 2.21 bits per heavy atom. The molecule has 1 atom stereocenters. The van der Waals surface area contributed by atoms with E-state index in [4.69, 9.17) is 4.52 Å². The monoisotopic (exact) mass is 334 g/mol. The average Bonchev–Trinajstić information content (AvgIpc) is 3.13. The summed E-state index contributed by atoms with van der Waals surface area (Å²) in [5, 5.41) is 6.92. The van der Waals surface area contributed by atoms with Crippen LogP contribution in [0.15, 0.2) is 10.6 Å². The maximum absolute atomic E-state index is 12.8. The predicted molar refractivity (Wildman–Crippen MR) is 92.5 cm³/mol. The van der Waals surface area contributed by atoms with Crippen molar-refractivity contribution in [3.63, 3.8) is 0 Å². The molecule has 134 valence electrons. The van der Waals surface area contributed by atoms with E-state index in [1.807, 2.05) is 13.0 Å². The van der Waals surface area contributed by atoms with Crippen LogP contribution >= 0.6 is 0 Å². The van der Waals surface area contributed by atoms with Gasteiger partial charge < -0.3 is 14.7 Å². The lowest BCUT2D eigenvalue weighted by Crippen LogP contribution is -2.43. The van der Waals surface area contributed by atoms with Crippen molar-refractivity contribution in [3.8, 4) is 0 Å². The number of likely N-dealkylation sites (tertiary alicyclic amines) is 2. The Balaban J connectivity index is 1.62. The largest absolute Gasteiger partial charge is 0.359 e. The van der Waals surface area contributed by atoms with Crippen LogP contribution < -0.4 is 5.32 Å². The van der Waals surface area contributed by atoms with Crippen LogP contribution in [0.5, 0.6) is 0 Å². The molecule has 0 bridgehead atoms. The van der Waals surface area contributed by atoms with Crippen LogP contribution in [0.3, 0.4) is 0 Å². The number of piperidine rings is 1. The zero-order valence-electron chi connectivity index (χ0n) is 15.2. The third kappa shape index (κ3) is 3.81. The molecule has 0 saturated carbocycles. The van der Waals surface area contributed by atoms with Crippen LogP contribution in [-0.2, 0) is 11.3 Å². The van der Waals surface area contributed by atoms with Crippen molar-refractivity contribution >= 4 is 5.91 Å². The lowest BCUT2D eigenvalue weighted by atomic mass is 9.76. The van der Waals surface area contributed by atoms with Gasteiger partial charge in [0.05, 0.1) is 18.3 Å². The second-order valence-corrected chi connectivity index (χ2v) is 7.65. The Morgan fingerprint density at radius 1 is 1.46 bits per heavy atom. The van der Waals surface area contributed by atoms with Crippen LogP contribution in [-0.4, -0.2) is 60.1 Å². The molecule has 1 N–H and O–H groups in total. The summed E-state index contributed by atoms with van der Waals surface area (Å²) in [5.74, 6) is 0.850. The summed E-state index contributed by atoms with van der Waals surface area (Å²) in [6, 6.07) is 1.87. The highest BCUT2D eigenvalue weighted by molar-refractivity contribution is 5.82. The molecule has 1 aromatic heterocycles. The normalized spacial score (nSPS) is 24.5. The van der Waals surface area contributed by atoms with Crippen molar-refractivity contribution in [1.29, 1.82) is 0 Å². The summed E-state index contributed by atoms with van der Waals surface area (Å²) in [6.45, 7) is 8.85. The quantitative estimate of drug-likeness (QED) is 0.890. The standard InChI is InChI=1S/C18H30N4O2/c1-4-7-22-13-18(5-8-21(3)9-6-18)11-16(22)17(23)19-12-15-10-14(2)20-24-15/h10,16H,4-9,11-13H2,1-3H3,(H,19,23). The lowest BCUT2D eigenvalue weighted by Gasteiger charge is -2.37. The maximum atomic E-state index is 12.8. The van der Waals surface area contributed by atoms with Gasteiger partial charge in [-0.05, 0) is 64.7 Å². The minimum Gasteiger partial charge on any atom is -0.359 e. The first-order valence-electron chi connectivity index (χ1n) is 9.14. The van der Waals surface area contributed by atoms with E-state index in [9.17, 15) is 4.79 Å². The molecule has 3 rings (SSSR count). The summed E-state index contributed by atoms with van der Waals surface area (Å²) in [7, 11) is 2.19. The highest BCUT2D eigenvalue weighted by Gasteiger charge is 2.47. The van der Waals surface area contributed by atoms with E-state index in [1.54, 1.807) is 0 Å². The molecule has 2 saturated heterocycles. The van der Waals surface area contributed by atoms with E-state index in [2.05, 4.69) is 34.2 Å². The van der Waals surface area contributed by atoms with E-state index in [1.165, 1.54) is 12.8 Å². The first kappa shape index (κ1) is 17.4. The van der Waals surface area contributed by atoms with Gasteiger partial charge in [-0.2, -0.15) is 0 Å². The number of amides is 1. The van der Waals surface area contributed by atoms with Gasteiger partial charge in [0.2, 0.25) is 5.91 Å². The Morgan fingerprint density at radius 3 is 2.83 bits per heavy atom. The van der Waals surface area contributed by atoms with Crippen molar-refractivity contribution < 1.29 is 9.32 Å². The molecule has 24 heavy (non-hydrogen) atoms. The fourth-order valence-electron chi connectivity index (χ4n) is 4.17. The van der Waals surface area contributed by atoms with Gasteiger partial charge >= 0.3 is 0 Å². The van der Waals surface area contributed by atoms with Gasteiger partial charge in [-0.15, -0.1) is 0 Å². The number of rotatable bonds is 5. The second-order valence-electron chi connectivity index (χ2n) is 7.65. The van der Waals surface area contributed by atoms with Gasteiger partial charge in [0.1, 0.15) is 0 Å². The Kier molecular flexibility index (Phi) is 5.25. The molecule has 0 radical (unpaired) electrons. The van der Waals surface area contributed by atoms with Crippen molar-refractivity contribution in [2.45, 2.75) is 52.1 Å². The predicted octanol–water partition coefficient (Wildman–Crippen LogP) is 1.80. The lowest BCUT2D eigenvalue weighted by molar-refractivity contribution is -0.125. The number of aryl methyl sites for hydroxylation is 1. The Hall–Kier alpha value is -1.40. The second kappa shape index (κ2) is 7.23. The number of hydrogen-bond acceptors (Lipinski definition) is 5. The van der Waals surface area contributed by atoms with Gasteiger partial charge in [-0.25, -0.2) is 0 Å². The molecule has 3 heterocycles. The number of nitrogens with zero attached hydrogens (tertiary/aromatic N) is 3. The van der Waals surface area contributed by atoms with Crippen molar-refractivity contribution in [2.75, 3.05) is 33.2 Å². The van der Waals surface area contributed by atoms with Crippen LogP contribution in [0.1, 0.15) is 44.1 Å². The van der Waals surface area contributed by atoms with Gasteiger partial charge in [0.15, 0.2) is 5.76 Å². The topological polar surface area (TPSA) is 61.6 Å². The summed E-state index contributed by atoms with van der Waals surface area (Å²) in [6.07, 6.45) is 4.48. The fraction of sp³-hybridized carbons (Fsp3) is 0.778. The molecule has 2 aliphatic heterocycles. The number of aromatic nitrogens is 1. The van der Waals surface area contributed by atoms with E-state index < -0.39 is 0 Å². The van der Waals surface area contributed by atoms with Crippen molar-refractivity contribution in [1.82, 2.24) is 20.3 Å². The van der Waals surface area contributed by atoms with Crippen molar-refractivity contribution in [3.05, 3.63) is 17.5 Å². The molecule has 2 fully saturated rings. The van der Waals surface area contributed by atoms with E-state index in [-0.39, 0.29) is 11.9 Å². The first-order valence-corrected chi connectivity index (χ1v) is 9.14. The minimum atomic E-state index is -0.00243. The van der Waals surface area contributed by atoms with E-state index in [0.717, 1.165) is 50.5 Å². The van der Waals surface area contributed by atoms with Crippen molar-refractivity contribution in [2.24, 2.45) is 5.41 Å². The van der Waals surface area contributed by atoms with Crippen LogP contribution in [0.4, 0.5) is 0 Å². The third-order valence-electron chi connectivity index (χ3n) is 5.58. The minimum absolute atomic E-state index is 0.00243. The molecule has 2 aliphatic rings. The molecule has 6 nitrogen and oxygen atoms in total. The van der Waals surface area contributed by atoms with Gasteiger partial charge in [0.25, 0.3) is 0 Å². The summed E-state index contributed by atoms with van der Waals surface area (Å²) >= 11 is 0. The average molecular weight is 334 g/mol. The zero-order chi connectivity index (χ0) is 17.2. The highest BCUT2D eigenvalue weighted by Crippen LogP contribution is 2.43. The fourth-order valence-corrected chi connectivity index (χ4v) is 4.17. The molecule has 1 spiro atoms. The molecule has 6 heteroatoms. The summed E-state index contributed by atoms with van der Waals surface area (Å²) in [4.78, 5) is 17.6. The molecular weight excluding hydrogens is 304 g/mol. The Bertz CT molecular complexity index is 563. The smallest absolute Gasteiger partial charge is 0.237 e. The maximum Gasteiger partial charge on any atom is 0.237 e. The van der Waals surface area contributed by atoms with E-state index in [0.29, 0.717) is 12.0 Å². The first-order chi connectivity index (χ1) is 11.5. The van der Waals surface area contributed by atoms with E-state index >= 15 is 0 Å². The number of carbonyl (C=O) groups excluding carboxylic acids is 1. The highest BCUT2D eigenvalue weighted by atomic mass is 16.5. The molecule has 1 aromatic rings. The molecule has 0 aliphatic carbocycles. The Labute approximate surface area is 144 Å². The SMILES string of the molecule is CCCN1CC2(CCN(C)CC2)CC1C(=O)NCc1cc(C)no1. The molecule has 1 amide bonds. The van der Waals surface area contributed by atoms with Crippen LogP contribution in [0.2, 0.25) is 0 Å². The molecular formula is C18H30N4O2. The third-order valence-corrected chi connectivity index (χ3v) is 5.58. The van der Waals surface area contributed by atoms with Gasteiger partial charge in [-0.1, -0.05) is 12.1 Å².